The van der Waals surface area contributed by atoms with Crippen LogP contribution in [0.1, 0.15) is 31.9 Å². The van der Waals surface area contributed by atoms with Gasteiger partial charge in [0, 0.05) is 17.3 Å². The summed E-state index contributed by atoms with van der Waals surface area (Å²) in [7, 11) is 0. The zero-order valence-electron chi connectivity index (χ0n) is 10.4. The number of benzene rings is 1. The Morgan fingerprint density at radius 2 is 1.94 bits per heavy atom. The van der Waals surface area contributed by atoms with Crippen molar-refractivity contribution in [1.29, 1.82) is 0 Å². The fraction of sp³-hybridized carbons (Fsp3) is 0.462. The van der Waals surface area contributed by atoms with E-state index in [1.54, 1.807) is 0 Å². The molecule has 0 aliphatic rings. The third-order valence-electron chi connectivity index (χ3n) is 2.91. The van der Waals surface area contributed by atoms with Crippen LogP contribution in [-0.2, 0) is 0 Å². The molecule has 0 saturated heterocycles. The van der Waals surface area contributed by atoms with Crippen LogP contribution in [-0.4, -0.2) is 11.0 Å². The van der Waals surface area contributed by atoms with Crippen molar-refractivity contribution < 1.29 is 0 Å². The van der Waals surface area contributed by atoms with Crippen molar-refractivity contribution in [2.24, 2.45) is 11.7 Å². The minimum atomic E-state index is 0.397. The van der Waals surface area contributed by atoms with Crippen LogP contribution in [0.4, 0.5) is 5.69 Å². The lowest BCUT2D eigenvalue weighted by Crippen LogP contribution is -2.24. The minimum Gasteiger partial charge on any atom is -0.389 e. The molecule has 1 aromatic carbocycles. The van der Waals surface area contributed by atoms with Gasteiger partial charge in [0.15, 0.2) is 0 Å². The number of thiocarbonyl (C=S) groups is 1. The van der Waals surface area contributed by atoms with Crippen LogP contribution in [0.3, 0.4) is 0 Å². The zero-order chi connectivity index (χ0) is 12.3. The minimum absolute atomic E-state index is 0.397. The predicted octanol–water partition coefficient (Wildman–Crippen LogP) is 3.09. The third-order valence-corrected chi connectivity index (χ3v) is 3.13. The van der Waals surface area contributed by atoms with Gasteiger partial charge in [-0.2, -0.15) is 0 Å². The van der Waals surface area contributed by atoms with E-state index in [4.69, 9.17) is 18.0 Å². The molecular formula is C13H20N2S. The molecule has 3 heteroatoms. The second-order valence-electron chi connectivity index (χ2n) is 4.54. The Morgan fingerprint density at radius 3 is 2.44 bits per heavy atom. The van der Waals surface area contributed by atoms with Crippen molar-refractivity contribution in [3.63, 3.8) is 0 Å². The summed E-state index contributed by atoms with van der Waals surface area (Å²) in [5.74, 6) is 0.568. The summed E-state index contributed by atoms with van der Waals surface area (Å²) in [5, 5.41) is 3.49. The summed E-state index contributed by atoms with van der Waals surface area (Å²) >= 11 is 5.07. The number of nitrogens with two attached hydrogens (primary N) is 1. The summed E-state index contributed by atoms with van der Waals surface area (Å²) in [5.41, 5.74) is 8.90. The second-order valence-corrected chi connectivity index (χ2v) is 4.98. The monoisotopic (exact) mass is 236 g/mol. The van der Waals surface area contributed by atoms with Crippen LogP contribution < -0.4 is 11.1 Å². The average Bonchev–Trinajstić information content (AvgIpc) is 2.20. The Bertz CT molecular complexity index is 386. The molecule has 0 spiro atoms. The van der Waals surface area contributed by atoms with E-state index in [2.05, 4.69) is 39.1 Å². The second kappa shape index (κ2) is 5.30. The molecule has 1 atom stereocenters. The molecule has 0 aromatic heterocycles. The Hall–Kier alpha value is -1.09. The first-order chi connectivity index (χ1) is 7.43. The molecule has 0 saturated carbocycles. The molecule has 0 heterocycles. The van der Waals surface area contributed by atoms with Gasteiger partial charge in [-0.15, -0.1) is 0 Å². The predicted molar refractivity (Wildman–Crippen MR) is 75.0 cm³/mol. The average molecular weight is 236 g/mol. The summed E-state index contributed by atoms with van der Waals surface area (Å²) in [4.78, 5) is 0.446. The van der Waals surface area contributed by atoms with Gasteiger partial charge in [-0.25, -0.2) is 0 Å². The third kappa shape index (κ3) is 2.95. The highest BCUT2D eigenvalue weighted by molar-refractivity contribution is 7.80. The van der Waals surface area contributed by atoms with E-state index in [1.165, 1.54) is 5.56 Å². The van der Waals surface area contributed by atoms with Gasteiger partial charge in [-0.3, -0.25) is 0 Å². The first-order valence-corrected chi connectivity index (χ1v) is 6.00. The Balaban J connectivity index is 3.06. The highest BCUT2D eigenvalue weighted by Gasteiger charge is 2.12. The molecule has 1 aromatic rings. The molecule has 0 aliphatic carbocycles. The number of aryl methyl sites for hydroxylation is 1. The summed E-state index contributed by atoms with van der Waals surface area (Å²) < 4.78 is 0. The number of hydrogen-bond donors (Lipinski definition) is 2. The normalized spacial score (nSPS) is 12.6. The summed E-state index contributed by atoms with van der Waals surface area (Å²) in [6.07, 6.45) is 0. The maximum absolute atomic E-state index is 5.73. The quantitative estimate of drug-likeness (QED) is 0.789. The van der Waals surface area contributed by atoms with Gasteiger partial charge in [0.2, 0.25) is 0 Å². The first kappa shape index (κ1) is 13.0. The van der Waals surface area contributed by atoms with E-state index in [-0.39, 0.29) is 0 Å². The molecule has 1 rings (SSSR count). The molecule has 88 valence electrons. The van der Waals surface area contributed by atoms with Gasteiger partial charge in [-0.05, 0) is 31.4 Å². The van der Waals surface area contributed by atoms with Gasteiger partial charge < -0.3 is 11.1 Å². The van der Waals surface area contributed by atoms with E-state index in [9.17, 15) is 0 Å². The highest BCUT2D eigenvalue weighted by atomic mass is 32.1. The van der Waals surface area contributed by atoms with Gasteiger partial charge >= 0.3 is 0 Å². The van der Waals surface area contributed by atoms with E-state index in [1.807, 2.05) is 12.1 Å². The Morgan fingerprint density at radius 1 is 1.31 bits per heavy atom. The lowest BCUT2D eigenvalue weighted by atomic mass is 10.0. The fourth-order valence-corrected chi connectivity index (χ4v) is 1.63. The van der Waals surface area contributed by atoms with E-state index in [0.29, 0.717) is 16.9 Å². The molecule has 1 unspecified atom stereocenters. The first-order valence-electron chi connectivity index (χ1n) is 5.59. The van der Waals surface area contributed by atoms with Crippen LogP contribution in [0.5, 0.6) is 0 Å². The number of nitrogens with one attached hydrogen (secondary N) is 1. The van der Waals surface area contributed by atoms with E-state index < -0.39 is 0 Å². The van der Waals surface area contributed by atoms with Gasteiger partial charge in [0.25, 0.3) is 0 Å². The highest BCUT2D eigenvalue weighted by Crippen LogP contribution is 2.22. The number of para-hydroxylation sites is 1. The molecule has 2 nitrogen and oxygen atoms in total. The maximum atomic E-state index is 5.73. The Kier molecular flexibility index (Phi) is 4.30. The molecule has 0 aliphatic heterocycles. The van der Waals surface area contributed by atoms with Crippen molar-refractivity contribution in [1.82, 2.24) is 0 Å². The fourth-order valence-electron chi connectivity index (χ4n) is 1.46. The van der Waals surface area contributed by atoms with E-state index in [0.717, 1.165) is 11.3 Å². The van der Waals surface area contributed by atoms with Gasteiger partial charge in [-0.1, -0.05) is 38.2 Å². The van der Waals surface area contributed by atoms with Gasteiger partial charge in [0.1, 0.15) is 4.99 Å². The lowest BCUT2D eigenvalue weighted by molar-refractivity contribution is 0.559. The number of anilines is 1. The van der Waals surface area contributed by atoms with Crippen LogP contribution >= 0.6 is 12.2 Å². The van der Waals surface area contributed by atoms with Gasteiger partial charge in [0.05, 0.1) is 0 Å². The SMILES string of the molecule is Cc1cccc(C(N)=S)c1NC(C)C(C)C. The molecule has 3 N–H and O–H groups in total. The molecule has 16 heavy (non-hydrogen) atoms. The van der Waals surface area contributed by atoms with Crippen molar-refractivity contribution in [2.75, 3.05) is 5.32 Å². The number of rotatable bonds is 4. The van der Waals surface area contributed by atoms with Crippen LogP contribution in [0.25, 0.3) is 0 Å². The standard InChI is InChI=1S/C13H20N2S/c1-8(2)10(4)15-12-9(3)6-5-7-11(12)13(14)16/h5-8,10,15H,1-4H3,(H2,14,16). The molecular weight excluding hydrogens is 216 g/mol. The molecule has 0 fully saturated rings. The molecule has 0 bridgehead atoms. The number of hydrogen-bond acceptors (Lipinski definition) is 2. The summed E-state index contributed by atoms with van der Waals surface area (Å²) in [6.45, 7) is 8.62. The smallest absolute Gasteiger partial charge is 0.106 e. The van der Waals surface area contributed by atoms with Crippen molar-refractivity contribution in [3.8, 4) is 0 Å². The van der Waals surface area contributed by atoms with Crippen molar-refractivity contribution >= 4 is 22.9 Å². The van der Waals surface area contributed by atoms with Crippen molar-refractivity contribution in [3.05, 3.63) is 29.3 Å². The topological polar surface area (TPSA) is 38.0 Å². The maximum Gasteiger partial charge on any atom is 0.106 e. The van der Waals surface area contributed by atoms with Crippen molar-refractivity contribution in [2.45, 2.75) is 33.7 Å². The van der Waals surface area contributed by atoms with Crippen LogP contribution in [0.2, 0.25) is 0 Å². The molecule has 0 radical (unpaired) electrons. The summed E-state index contributed by atoms with van der Waals surface area (Å²) in [6, 6.07) is 6.41. The zero-order valence-corrected chi connectivity index (χ0v) is 11.2. The molecule has 0 amide bonds. The lowest BCUT2D eigenvalue weighted by Gasteiger charge is -2.22. The van der Waals surface area contributed by atoms with Crippen LogP contribution in [0.15, 0.2) is 18.2 Å². The van der Waals surface area contributed by atoms with E-state index >= 15 is 0 Å². The van der Waals surface area contributed by atoms with Crippen LogP contribution in [0, 0.1) is 12.8 Å². The largest absolute Gasteiger partial charge is 0.389 e. The Labute approximate surface area is 103 Å².